The third kappa shape index (κ3) is 4.55. The Bertz CT molecular complexity index is 291. The molecule has 2 N–H and O–H groups in total. The van der Waals surface area contributed by atoms with Crippen LogP contribution in [-0.4, -0.2) is 39.6 Å². The molecule has 0 saturated heterocycles. The van der Waals surface area contributed by atoms with Crippen molar-refractivity contribution >= 4 is 11.8 Å². The minimum atomic E-state index is 0.209. The summed E-state index contributed by atoms with van der Waals surface area (Å²) in [7, 11) is 1.99. The molecule has 16 heavy (non-hydrogen) atoms. The minimum absolute atomic E-state index is 0.209. The SMILES string of the molecule is CCCNC(CO)CCSc1nccn1C. The Kier molecular flexibility index (Phi) is 6.52. The van der Waals surface area contributed by atoms with E-state index in [1.807, 2.05) is 17.8 Å². The Labute approximate surface area is 101 Å². The van der Waals surface area contributed by atoms with Gasteiger partial charge in [-0.1, -0.05) is 18.7 Å². The smallest absolute Gasteiger partial charge is 0.167 e. The third-order valence-electron chi connectivity index (χ3n) is 2.38. The zero-order valence-corrected chi connectivity index (χ0v) is 10.8. The molecule has 0 spiro atoms. The number of nitrogens with zero attached hydrogens (tertiary/aromatic N) is 2. The predicted octanol–water partition coefficient (Wildman–Crippen LogP) is 1.26. The van der Waals surface area contributed by atoms with E-state index in [2.05, 4.69) is 17.2 Å². The molecular formula is C11H21N3OS. The zero-order chi connectivity index (χ0) is 11.8. The minimum Gasteiger partial charge on any atom is -0.395 e. The average Bonchev–Trinajstić information content (AvgIpc) is 2.69. The molecular weight excluding hydrogens is 222 g/mol. The molecule has 1 heterocycles. The lowest BCUT2D eigenvalue weighted by atomic mass is 10.2. The van der Waals surface area contributed by atoms with Crippen molar-refractivity contribution in [2.24, 2.45) is 7.05 Å². The van der Waals surface area contributed by atoms with Crippen molar-refractivity contribution < 1.29 is 5.11 Å². The second-order valence-corrected chi connectivity index (χ2v) is 4.85. The van der Waals surface area contributed by atoms with Crippen molar-refractivity contribution in [1.29, 1.82) is 0 Å². The Morgan fingerprint density at radius 1 is 1.62 bits per heavy atom. The first-order chi connectivity index (χ1) is 7.77. The molecule has 0 aromatic carbocycles. The number of nitrogens with one attached hydrogen (secondary N) is 1. The van der Waals surface area contributed by atoms with E-state index < -0.39 is 0 Å². The summed E-state index contributed by atoms with van der Waals surface area (Å²) in [6.07, 6.45) is 5.82. The fourth-order valence-electron chi connectivity index (χ4n) is 1.39. The van der Waals surface area contributed by atoms with Crippen molar-refractivity contribution in [3.05, 3.63) is 12.4 Å². The van der Waals surface area contributed by atoms with Crippen molar-refractivity contribution in [2.45, 2.75) is 31.0 Å². The van der Waals surface area contributed by atoms with Gasteiger partial charge in [-0.15, -0.1) is 0 Å². The summed E-state index contributed by atoms with van der Waals surface area (Å²) < 4.78 is 2.01. The first kappa shape index (κ1) is 13.5. The predicted molar refractivity (Wildman–Crippen MR) is 67.7 cm³/mol. The number of hydrogen-bond acceptors (Lipinski definition) is 4. The Morgan fingerprint density at radius 3 is 3.00 bits per heavy atom. The average molecular weight is 243 g/mol. The summed E-state index contributed by atoms with van der Waals surface area (Å²) in [6.45, 7) is 3.31. The topological polar surface area (TPSA) is 50.1 Å². The summed E-state index contributed by atoms with van der Waals surface area (Å²) in [5.74, 6) is 0.979. The maximum absolute atomic E-state index is 9.17. The highest BCUT2D eigenvalue weighted by atomic mass is 32.2. The van der Waals surface area contributed by atoms with Crippen LogP contribution >= 0.6 is 11.8 Å². The molecule has 1 unspecified atom stereocenters. The molecule has 0 radical (unpaired) electrons. The number of aliphatic hydroxyl groups excluding tert-OH is 1. The van der Waals surface area contributed by atoms with Gasteiger partial charge in [0.25, 0.3) is 0 Å². The molecule has 0 saturated carbocycles. The van der Waals surface area contributed by atoms with Crippen LogP contribution in [0.15, 0.2) is 17.6 Å². The number of aliphatic hydroxyl groups is 1. The molecule has 1 atom stereocenters. The van der Waals surface area contributed by atoms with Crippen LogP contribution in [0.5, 0.6) is 0 Å². The van der Waals surface area contributed by atoms with Crippen molar-refractivity contribution in [1.82, 2.24) is 14.9 Å². The van der Waals surface area contributed by atoms with Crippen molar-refractivity contribution in [3.8, 4) is 0 Å². The van der Waals surface area contributed by atoms with E-state index in [9.17, 15) is 5.11 Å². The van der Waals surface area contributed by atoms with Gasteiger partial charge < -0.3 is 15.0 Å². The highest BCUT2D eigenvalue weighted by Gasteiger charge is 2.07. The van der Waals surface area contributed by atoms with Crippen LogP contribution in [0.1, 0.15) is 19.8 Å². The number of hydrogen-bond donors (Lipinski definition) is 2. The first-order valence-corrected chi connectivity index (χ1v) is 6.70. The van der Waals surface area contributed by atoms with E-state index in [1.54, 1.807) is 18.0 Å². The molecule has 0 aliphatic heterocycles. The van der Waals surface area contributed by atoms with E-state index in [1.165, 1.54) is 0 Å². The second kappa shape index (κ2) is 7.70. The van der Waals surface area contributed by atoms with E-state index in [-0.39, 0.29) is 12.6 Å². The molecule has 0 aliphatic rings. The highest BCUT2D eigenvalue weighted by molar-refractivity contribution is 7.99. The van der Waals surface area contributed by atoms with Gasteiger partial charge in [-0.25, -0.2) is 4.98 Å². The van der Waals surface area contributed by atoms with Gasteiger partial charge in [0.2, 0.25) is 0 Å². The summed E-state index contributed by atoms with van der Waals surface area (Å²) in [4.78, 5) is 4.24. The quantitative estimate of drug-likeness (QED) is 0.675. The van der Waals surface area contributed by atoms with Gasteiger partial charge in [0.1, 0.15) is 0 Å². The fraction of sp³-hybridized carbons (Fsp3) is 0.727. The highest BCUT2D eigenvalue weighted by Crippen LogP contribution is 2.15. The summed E-state index contributed by atoms with van der Waals surface area (Å²) in [5.41, 5.74) is 0. The second-order valence-electron chi connectivity index (χ2n) is 3.79. The third-order valence-corrected chi connectivity index (χ3v) is 3.47. The molecule has 5 heteroatoms. The van der Waals surface area contributed by atoms with Crippen LogP contribution in [0.2, 0.25) is 0 Å². The lowest BCUT2D eigenvalue weighted by Crippen LogP contribution is -2.33. The van der Waals surface area contributed by atoms with Gasteiger partial charge in [0.15, 0.2) is 5.16 Å². The molecule has 1 aromatic heterocycles. The van der Waals surface area contributed by atoms with Crippen LogP contribution in [-0.2, 0) is 7.05 Å². The van der Waals surface area contributed by atoms with Crippen LogP contribution in [0.4, 0.5) is 0 Å². The molecule has 0 aliphatic carbocycles. The lowest BCUT2D eigenvalue weighted by Gasteiger charge is -2.15. The van der Waals surface area contributed by atoms with Gasteiger partial charge in [-0.2, -0.15) is 0 Å². The lowest BCUT2D eigenvalue weighted by molar-refractivity contribution is 0.240. The summed E-state index contributed by atoms with van der Waals surface area (Å²) >= 11 is 1.73. The fourth-order valence-corrected chi connectivity index (χ4v) is 2.37. The van der Waals surface area contributed by atoms with Crippen LogP contribution < -0.4 is 5.32 Å². The normalized spacial score (nSPS) is 12.9. The number of imidazole rings is 1. The van der Waals surface area contributed by atoms with Gasteiger partial charge in [0.05, 0.1) is 6.61 Å². The van der Waals surface area contributed by atoms with E-state index in [4.69, 9.17) is 0 Å². The molecule has 92 valence electrons. The number of aromatic nitrogens is 2. The Balaban J connectivity index is 2.20. The van der Waals surface area contributed by atoms with Crippen LogP contribution in [0, 0.1) is 0 Å². The van der Waals surface area contributed by atoms with E-state index >= 15 is 0 Å². The molecule has 0 bridgehead atoms. The van der Waals surface area contributed by atoms with E-state index in [0.717, 1.165) is 30.3 Å². The summed E-state index contributed by atoms with van der Waals surface area (Å²) in [6, 6.07) is 0.215. The van der Waals surface area contributed by atoms with E-state index in [0.29, 0.717) is 0 Å². The monoisotopic (exact) mass is 243 g/mol. The van der Waals surface area contributed by atoms with Gasteiger partial charge in [0, 0.05) is 31.2 Å². The number of rotatable bonds is 8. The van der Waals surface area contributed by atoms with Gasteiger partial charge in [-0.3, -0.25) is 0 Å². The molecule has 1 rings (SSSR count). The number of thioether (sulfide) groups is 1. The molecule has 4 nitrogen and oxygen atoms in total. The molecule has 0 fully saturated rings. The molecule has 1 aromatic rings. The zero-order valence-electron chi connectivity index (χ0n) is 10.0. The van der Waals surface area contributed by atoms with Crippen LogP contribution in [0.3, 0.4) is 0 Å². The Morgan fingerprint density at radius 2 is 2.44 bits per heavy atom. The standard InChI is InChI=1S/C11H21N3OS/c1-3-5-12-10(9-15)4-8-16-11-13-6-7-14(11)2/h6-7,10,12,15H,3-5,8-9H2,1-2H3. The molecule has 0 amide bonds. The van der Waals surface area contributed by atoms with Gasteiger partial charge in [-0.05, 0) is 19.4 Å². The maximum Gasteiger partial charge on any atom is 0.167 e. The summed E-state index contributed by atoms with van der Waals surface area (Å²) in [5, 5.41) is 13.5. The maximum atomic E-state index is 9.17. The van der Waals surface area contributed by atoms with Gasteiger partial charge >= 0.3 is 0 Å². The van der Waals surface area contributed by atoms with Crippen LogP contribution in [0.25, 0.3) is 0 Å². The first-order valence-electron chi connectivity index (χ1n) is 5.72. The van der Waals surface area contributed by atoms with Crippen molar-refractivity contribution in [3.63, 3.8) is 0 Å². The van der Waals surface area contributed by atoms with Crippen molar-refractivity contribution in [2.75, 3.05) is 18.9 Å². The number of aryl methyl sites for hydroxylation is 1. The Hall–Kier alpha value is -0.520. The largest absolute Gasteiger partial charge is 0.395 e.